The van der Waals surface area contributed by atoms with Gasteiger partial charge < -0.3 is 4.84 Å². The van der Waals surface area contributed by atoms with Gasteiger partial charge in [-0.3, -0.25) is 9.59 Å². The minimum atomic E-state index is -0.368. The van der Waals surface area contributed by atoms with E-state index in [0.29, 0.717) is 16.5 Å². The van der Waals surface area contributed by atoms with Gasteiger partial charge in [-0.2, -0.15) is 5.48 Å². The maximum Gasteiger partial charge on any atom is 0.249 e. The van der Waals surface area contributed by atoms with Gasteiger partial charge in [-0.25, -0.2) is 0 Å². The van der Waals surface area contributed by atoms with E-state index >= 15 is 0 Å². The van der Waals surface area contributed by atoms with Crippen molar-refractivity contribution in [3.05, 3.63) is 64.2 Å². The molecule has 1 aliphatic carbocycles. The quantitative estimate of drug-likeness (QED) is 0.480. The van der Waals surface area contributed by atoms with Crippen LogP contribution in [0.4, 0.5) is 0 Å². The summed E-state index contributed by atoms with van der Waals surface area (Å²) in [5.74, 6) is 6.56. The normalized spacial score (nSPS) is 13.6. The van der Waals surface area contributed by atoms with E-state index in [-0.39, 0.29) is 23.0 Å². The van der Waals surface area contributed by atoms with E-state index in [0.717, 1.165) is 18.4 Å². The number of halogens is 1. The highest BCUT2D eigenvalue weighted by Gasteiger charge is 2.17. The molecule has 1 aliphatic rings. The molecule has 0 radical (unpaired) electrons. The number of hydrogen-bond donors (Lipinski definition) is 1. The van der Waals surface area contributed by atoms with Crippen LogP contribution < -0.4 is 10.3 Å². The first-order valence-electron chi connectivity index (χ1n) is 8.92. The fourth-order valence-corrected chi connectivity index (χ4v) is 3.22. The molecule has 1 N–H and O–H groups in total. The lowest BCUT2D eigenvalue weighted by atomic mass is 10.00. The number of carbonyl (C=O) groups is 2. The zero-order valence-corrected chi connectivity index (χ0v) is 15.8. The van der Waals surface area contributed by atoms with Crippen LogP contribution in [0.15, 0.2) is 42.5 Å². The Balaban J connectivity index is 1.86. The summed E-state index contributed by atoms with van der Waals surface area (Å²) in [7, 11) is 0. The zero-order chi connectivity index (χ0) is 19.2. The summed E-state index contributed by atoms with van der Waals surface area (Å²) in [6, 6.07) is 11.9. The van der Waals surface area contributed by atoms with Crippen LogP contribution in [-0.2, 0) is 4.79 Å². The third-order valence-corrected chi connectivity index (χ3v) is 4.63. The first kappa shape index (κ1) is 19.0. The van der Waals surface area contributed by atoms with E-state index in [2.05, 4.69) is 17.3 Å². The molecule has 1 amide bonds. The summed E-state index contributed by atoms with van der Waals surface area (Å²) in [5.41, 5.74) is 3.80. The highest BCUT2D eigenvalue weighted by atomic mass is 35.5. The van der Waals surface area contributed by atoms with E-state index in [1.54, 1.807) is 24.3 Å². The molecule has 5 heteroatoms. The molecule has 0 saturated heterocycles. The molecular weight excluding hydrogens is 362 g/mol. The van der Waals surface area contributed by atoms with Crippen LogP contribution in [0.2, 0.25) is 5.02 Å². The van der Waals surface area contributed by atoms with Crippen molar-refractivity contribution in [2.75, 3.05) is 0 Å². The minimum Gasteiger partial charge on any atom is -0.379 e. The molecule has 4 nitrogen and oxygen atoms in total. The van der Waals surface area contributed by atoms with E-state index in [9.17, 15) is 9.59 Å². The number of hydroxylamine groups is 1. The van der Waals surface area contributed by atoms with Gasteiger partial charge in [0, 0.05) is 29.0 Å². The predicted molar refractivity (Wildman–Crippen MR) is 105 cm³/mol. The van der Waals surface area contributed by atoms with Crippen molar-refractivity contribution in [2.45, 2.75) is 32.6 Å². The average molecular weight is 382 g/mol. The molecule has 3 rings (SSSR count). The molecular formula is C22H20ClNO3. The first-order chi connectivity index (χ1) is 13.0. The van der Waals surface area contributed by atoms with E-state index < -0.39 is 0 Å². The Kier molecular flexibility index (Phi) is 6.16. The molecule has 0 bridgehead atoms. The average Bonchev–Trinajstić information content (AvgIpc) is 3.18. The second-order valence-electron chi connectivity index (χ2n) is 6.56. The molecule has 2 aromatic carbocycles. The molecule has 1 fully saturated rings. The van der Waals surface area contributed by atoms with Crippen molar-refractivity contribution in [3.63, 3.8) is 0 Å². The monoisotopic (exact) mass is 381 g/mol. The number of hydrogen-bond acceptors (Lipinski definition) is 3. The molecule has 0 atom stereocenters. The van der Waals surface area contributed by atoms with E-state index in [4.69, 9.17) is 16.4 Å². The van der Waals surface area contributed by atoms with Crippen molar-refractivity contribution in [1.82, 2.24) is 5.48 Å². The fraction of sp³-hybridized carbons (Fsp3) is 0.273. The van der Waals surface area contributed by atoms with Gasteiger partial charge in [0.1, 0.15) is 0 Å². The molecule has 1 saturated carbocycles. The van der Waals surface area contributed by atoms with Crippen LogP contribution in [0.5, 0.6) is 5.75 Å². The highest BCUT2D eigenvalue weighted by Crippen LogP contribution is 2.26. The summed E-state index contributed by atoms with van der Waals surface area (Å²) in [6.45, 7) is 1.32. The maximum atomic E-state index is 13.0. The Morgan fingerprint density at radius 2 is 1.93 bits per heavy atom. The predicted octanol–water partition coefficient (Wildman–Crippen LogP) is 4.54. The van der Waals surface area contributed by atoms with Crippen molar-refractivity contribution < 1.29 is 14.4 Å². The van der Waals surface area contributed by atoms with Crippen molar-refractivity contribution in [3.8, 4) is 17.6 Å². The number of nitrogens with one attached hydrogen (secondary N) is 1. The smallest absolute Gasteiger partial charge is 0.249 e. The molecule has 0 heterocycles. The Bertz CT molecular complexity index is 921. The second kappa shape index (κ2) is 8.75. The topological polar surface area (TPSA) is 55.4 Å². The lowest BCUT2D eigenvalue weighted by molar-refractivity contribution is -0.125. The third-order valence-electron chi connectivity index (χ3n) is 4.39. The van der Waals surface area contributed by atoms with Gasteiger partial charge in [-0.05, 0) is 43.2 Å². The van der Waals surface area contributed by atoms with Gasteiger partial charge >= 0.3 is 0 Å². The van der Waals surface area contributed by atoms with Gasteiger partial charge in [0.05, 0.1) is 5.56 Å². The number of benzene rings is 2. The Morgan fingerprint density at radius 1 is 1.15 bits per heavy atom. The lowest BCUT2D eigenvalue weighted by Gasteiger charge is -2.10. The molecule has 0 spiro atoms. The first-order valence-corrected chi connectivity index (χ1v) is 9.30. The van der Waals surface area contributed by atoms with Crippen molar-refractivity contribution in [2.24, 2.45) is 5.92 Å². The van der Waals surface area contributed by atoms with Crippen LogP contribution in [0.25, 0.3) is 0 Å². The highest BCUT2D eigenvalue weighted by molar-refractivity contribution is 6.31. The number of ketones is 1. The SMILES string of the molecule is CC(=O)NOc1ccc(Cl)cc1C(=O)c1cccc(C#CC2CCCC2)c1. The standard InChI is InChI=1S/C22H20ClNO3/c1-15(25)24-27-21-12-11-19(23)14-20(21)22(26)18-8-4-7-17(13-18)10-9-16-5-2-3-6-16/h4,7-8,11-14,16H,2-3,5-6H2,1H3,(H,24,25). The van der Waals surface area contributed by atoms with Crippen LogP contribution in [0, 0.1) is 17.8 Å². The van der Waals surface area contributed by atoms with Gasteiger partial charge in [0.15, 0.2) is 11.5 Å². The fourth-order valence-electron chi connectivity index (χ4n) is 3.04. The summed E-state index contributed by atoms with van der Waals surface area (Å²) in [5, 5.41) is 0.408. The largest absolute Gasteiger partial charge is 0.379 e. The van der Waals surface area contributed by atoms with Crippen LogP contribution in [-0.4, -0.2) is 11.7 Å². The van der Waals surface area contributed by atoms with E-state index in [1.165, 1.54) is 25.8 Å². The molecule has 0 aromatic heterocycles. The molecule has 0 aliphatic heterocycles. The molecule has 2 aromatic rings. The van der Waals surface area contributed by atoms with Crippen LogP contribution >= 0.6 is 11.6 Å². The summed E-state index contributed by atoms with van der Waals surface area (Å²) in [4.78, 5) is 29.3. The van der Waals surface area contributed by atoms with Gasteiger partial charge in [0.25, 0.3) is 0 Å². The summed E-state index contributed by atoms with van der Waals surface area (Å²) >= 11 is 6.05. The van der Waals surface area contributed by atoms with Gasteiger partial charge in [0.2, 0.25) is 5.91 Å². The third kappa shape index (κ3) is 5.12. The Labute approximate surface area is 163 Å². The van der Waals surface area contributed by atoms with Crippen molar-refractivity contribution >= 4 is 23.3 Å². The Morgan fingerprint density at radius 3 is 2.67 bits per heavy atom. The van der Waals surface area contributed by atoms with Crippen LogP contribution in [0.1, 0.15) is 54.1 Å². The second-order valence-corrected chi connectivity index (χ2v) is 7.00. The lowest BCUT2D eigenvalue weighted by Crippen LogP contribution is -2.24. The Hall–Kier alpha value is -2.77. The molecule has 138 valence electrons. The van der Waals surface area contributed by atoms with Gasteiger partial charge in [-0.1, -0.05) is 48.4 Å². The summed E-state index contributed by atoms with van der Waals surface area (Å²) < 4.78 is 0. The number of amides is 1. The van der Waals surface area contributed by atoms with Crippen molar-refractivity contribution in [1.29, 1.82) is 0 Å². The maximum absolute atomic E-state index is 13.0. The van der Waals surface area contributed by atoms with Gasteiger partial charge in [-0.15, -0.1) is 0 Å². The molecule has 27 heavy (non-hydrogen) atoms. The number of carbonyl (C=O) groups excluding carboxylic acids is 2. The summed E-state index contributed by atoms with van der Waals surface area (Å²) in [6.07, 6.45) is 4.78. The van der Waals surface area contributed by atoms with E-state index in [1.807, 2.05) is 12.1 Å². The molecule has 0 unspecified atom stereocenters. The zero-order valence-electron chi connectivity index (χ0n) is 15.0. The van der Waals surface area contributed by atoms with Crippen LogP contribution in [0.3, 0.4) is 0 Å². The minimum absolute atomic E-state index is 0.238. The number of rotatable bonds is 4.